The van der Waals surface area contributed by atoms with E-state index in [9.17, 15) is 13.2 Å². The largest absolute Gasteiger partial charge is 0.396 e. The standard InChI is InChI=1S/C15H16O.CHF3/c1-12-2-6-14(7-3-12)15-8-4-13(5-9-15)10-11-16;2-1(3)4/h2-9,16H,10-11H2,1H3;1H. The predicted octanol–water partition coefficient (Wildman–Crippen LogP) is 4.38. The van der Waals surface area contributed by atoms with Crippen molar-refractivity contribution < 1.29 is 18.3 Å². The third-order valence-corrected chi connectivity index (χ3v) is 2.74. The van der Waals surface area contributed by atoms with Crippen molar-refractivity contribution in [2.24, 2.45) is 0 Å². The summed E-state index contributed by atoms with van der Waals surface area (Å²) in [5, 5.41) is 8.84. The van der Waals surface area contributed by atoms with Gasteiger partial charge in [0.05, 0.1) is 0 Å². The fourth-order valence-corrected chi connectivity index (χ4v) is 1.74. The quantitative estimate of drug-likeness (QED) is 0.886. The molecule has 2 aromatic carbocycles. The molecule has 2 rings (SSSR count). The van der Waals surface area contributed by atoms with Gasteiger partial charge in [0.15, 0.2) is 0 Å². The Bertz CT molecular complexity index is 489. The number of hydrogen-bond acceptors (Lipinski definition) is 1. The lowest BCUT2D eigenvalue weighted by atomic mass is 10.0. The summed E-state index contributed by atoms with van der Waals surface area (Å²) in [4.78, 5) is 0. The lowest BCUT2D eigenvalue weighted by Gasteiger charge is -2.04. The number of aryl methyl sites for hydroxylation is 1. The molecule has 20 heavy (non-hydrogen) atoms. The number of benzene rings is 2. The van der Waals surface area contributed by atoms with Crippen molar-refractivity contribution in [1.82, 2.24) is 0 Å². The van der Waals surface area contributed by atoms with Gasteiger partial charge < -0.3 is 5.11 Å². The summed E-state index contributed by atoms with van der Waals surface area (Å²) in [5.41, 5.74) is 4.92. The second-order valence-electron chi connectivity index (χ2n) is 4.28. The first kappa shape index (κ1) is 16.2. The lowest BCUT2D eigenvalue weighted by Crippen LogP contribution is -1.89. The Labute approximate surface area is 116 Å². The zero-order valence-corrected chi connectivity index (χ0v) is 11.2. The first-order chi connectivity index (χ1) is 9.52. The number of alkyl halides is 3. The van der Waals surface area contributed by atoms with Crippen LogP contribution in [0.1, 0.15) is 11.1 Å². The maximum atomic E-state index is 9.67. The molecule has 0 aliphatic carbocycles. The van der Waals surface area contributed by atoms with Gasteiger partial charge in [0, 0.05) is 6.61 Å². The van der Waals surface area contributed by atoms with Gasteiger partial charge >= 0.3 is 6.68 Å². The second-order valence-corrected chi connectivity index (χ2v) is 4.28. The van der Waals surface area contributed by atoms with Gasteiger partial charge in [-0.1, -0.05) is 54.1 Å². The average Bonchev–Trinajstić information content (AvgIpc) is 2.40. The third-order valence-electron chi connectivity index (χ3n) is 2.74. The number of aliphatic hydroxyl groups excluding tert-OH is 1. The predicted molar refractivity (Wildman–Crippen MR) is 74.5 cm³/mol. The minimum Gasteiger partial charge on any atom is -0.396 e. The van der Waals surface area contributed by atoms with Gasteiger partial charge in [0.2, 0.25) is 0 Å². The Kier molecular flexibility index (Phi) is 6.81. The van der Waals surface area contributed by atoms with E-state index in [2.05, 4.69) is 55.5 Å². The van der Waals surface area contributed by atoms with Crippen molar-refractivity contribution in [3.05, 3.63) is 59.7 Å². The molecular formula is C16H17F3O. The maximum absolute atomic E-state index is 9.67. The Morgan fingerprint density at radius 2 is 1.25 bits per heavy atom. The van der Waals surface area contributed by atoms with E-state index in [1.54, 1.807) is 0 Å². The second kappa shape index (κ2) is 8.38. The first-order valence-electron chi connectivity index (χ1n) is 6.22. The molecule has 0 saturated heterocycles. The van der Waals surface area contributed by atoms with Gasteiger partial charge in [-0.2, -0.15) is 13.2 Å². The van der Waals surface area contributed by atoms with Crippen LogP contribution >= 0.6 is 0 Å². The van der Waals surface area contributed by atoms with Crippen LogP contribution in [0.5, 0.6) is 0 Å². The van der Waals surface area contributed by atoms with Crippen LogP contribution < -0.4 is 0 Å². The molecule has 0 spiro atoms. The monoisotopic (exact) mass is 282 g/mol. The van der Waals surface area contributed by atoms with Crippen molar-refractivity contribution in [3.8, 4) is 11.1 Å². The average molecular weight is 282 g/mol. The smallest absolute Gasteiger partial charge is 0.379 e. The van der Waals surface area contributed by atoms with E-state index in [0.29, 0.717) is 0 Å². The summed E-state index contributed by atoms with van der Waals surface area (Å²) >= 11 is 0. The highest BCUT2D eigenvalue weighted by molar-refractivity contribution is 5.63. The molecule has 0 heterocycles. The van der Waals surface area contributed by atoms with Gasteiger partial charge in [0.1, 0.15) is 0 Å². The van der Waals surface area contributed by atoms with Gasteiger partial charge in [-0.3, -0.25) is 0 Å². The van der Waals surface area contributed by atoms with Crippen molar-refractivity contribution >= 4 is 0 Å². The van der Waals surface area contributed by atoms with Crippen LogP contribution in [0.2, 0.25) is 0 Å². The number of aliphatic hydroxyl groups is 1. The normalized spacial score (nSPS) is 10.1. The number of rotatable bonds is 3. The highest BCUT2D eigenvalue weighted by atomic mass is 19.4. The molecule has 0 bridgehead atoms. The van der Waals surface area contributed by atoms with Crippen molar-refractivity contribution in [2.75, 3.05) is 6.61 Å². The van der Waals surface area contributed by atoms with Gasteiger partial charge in [-0.25, -0.2) is 0 Å². The van der Waals surface area contributed by atoms with Gasteiger partial charge in [-0.05, 0) is 30.0 Å². The fourth-order valence-electron chi connectivity index (χ4n) is 1.74. The van der Waals surface area contributed by atoms with Crippen LogP contribution in [0, 0.1) is 6.92 Å². The third kappa shape index (κ3) is 5.89. The van der Waals surface area contributed by atoms with E-state index in [1.165, 1.54) is 22.3 Å². The highest BCUT2D eigenvalue weighted by Gasteiger charge is 1.97. The molecule has 0 aromatic heterocycles. The van der Waals surface area contributed by atoms with E-state index in [0.717, 1.165) is 6.42 Å². The molecule has 0 aliphatic rings. The van der Waals surface area contributed by atoms with Crippen LogP contribution in [-0.4, -0.2) is 18.4 Å². The minimum absolute atomic E-state index is 0.212. The van der Waals surface area contributed by atoms with E-state index in [1.807, 2.05) is 0 Å². The molecule has 0 amide bonds. The van der Waals surface area contributed by atoms with Crippen LogP contribution in [-0.2, 0) is 6.42 Å². The SMILES string of the molecule is Cc1ccc(-c2ccc(CCO)cc2)cc1.FC(F)F. The molecule has 1 nitrogen and oxygen atoms in total. The summed E-state index contributed by atoms with van der Waals surface area (Å²) < 4.78 is 29.0. The summed E-state index contributed by atoms with van der Waals surface area (Å²) in [6.45, 7) is -1.36. The maximum Gasteiger partial charge on any atom is 0.379 e. The molecule has 0 radical (unpaired) electrons. The van der Waals surface area contributed by atoms with Gasteiger partial charge in [-0.15, -0.1) is 0 Å². The van der Waals surface area contributed by atoms with E-state index in [4.69, 9.17) is 5.11 Å². The van der Waals surface area contributed by atoms with Crippen molar-refractivity contribution in [2.45, 2.75) is 20.0 Å². The molecule has 0 aliphatic heterocycles. The molecule has 108 valence electrons. The van der Waals surface area contributed by atoms with Crippen LogP contribution in [0.4, 0.5) is 13.2 Å². The van der Waals surface area contributed by atoms with Crippen LogP contribution in [0.3, 0.4) is 0 Å². The van der Waals surface area contributed by atoms with Crippen molar-refractivity contribution in [3.63, 3.8) is 0 Å². The Balaban J connectivity index is 0.000000444. The summed E-state index contributed by atoms with van der Waals surface area (Å²) in [6.07, 6.45) is 0.730. The molecule has 0 saturated carbocycles. The van der Waals surface area contributed by atoms with Gasteiger partial charge in [0.25, 0.3) is 0 Å². The number of hydrogen-bond donors (Lipinski definition) is 1. The molecule has 0 unspecified atom stereocenters. The molecule has 0 atom stereocenters. The van der Waals surface area contributed by atoms with E-state index < -0.39 is 6.68 Å². The zero-order chi connectivity index (χ0) is 15.0. The Hall–Kier alpha value is -1.81. The topological polar surface area (TPSA) is 20.2 Å². The fraction of sp³-hybridized carbons (Fsp3) is 0.250. The summed E-state index contributed by atoms with van der Waals surface area (Å²) in [6, 6.07) is 16.9. The number of halogens is 3. The minimum atomic E-state index is -3.67. The van der Waals surface area contributed by atoms with E-state index in [-0.39, 0.29) is 6.61 Å². The molecule has 2 aromatic rings. The van der Waals surface area contributed by atoms with Crippen LogP contribution in [0.15, 0.2) is 48.5 Å². The molecule has 0 fully saturated rings. The molecule has 1 N–H and O–H groups in total. The van der Waals surface area contributed by atoms with Crippen LogP contribution in [0.25, 0.3) is 11.1 Å². The molecule has 4 heteroatoms. The summed E-state index contributed by atoms with van der Waals surface area (Å²) in [7, 11) is 0. The lowest BCUT2D eigenvalue weighted by molar-refractivity contribution is 0.00819. The highest BCUT2D eigenvalue weighted by Crippen LogP contribution is 2.20. The first-order valence-corrected chi connectivity index (χ1v) is 6.22. The molecular weight excluding hydrogens is 265 g/mol. The Morgan fingerprint density at radius 1 is 0.850 bits per heavy atom. The van der Waals surface area contributed by atoms with E-state index >= 15 is 0 Å². The van der Waals surface area contributed by atoms with Crippen molar-refractivity contribution in [1.29, 1.82) is 0 Å². The zero-order valence-electron chi connectivity index (χ0n) is 11.2. The summed E-state index contributed by atoms with van der Waals surface area (Å²) in [5.74, 6) is 0. The Morgan fingerprint density at radius 3 is 1.65 bits per heavy atom.